The SMILES string of the molecule is CCCCCCCC/C=C\CCCCCCCCCCCC(=O)O.CCNN.Oc1ccccc1. The number of unbranched alkanes of at least 4 members (excludes halogenated alkanes) is 15. The normalized spacial score (nSPS) is 10.4. The molecule has 0 saturated heterocycles. The summed E-state index contributed by atoms with van der Waals surface area (Å²) in [5.41, 5.74) is 2.43. The zero-order valence-corrected chi connectivity index (χ0v) is 22.9. The number of carbonyl (C=O) groups is 1. The maximum Gasteiger partial charge on any atom is 0.303 e. The molecule has 0 saturated carbocycles. The van der Waals surface area contributed by atoms with E-state index in [1.165, 1.54) is 96.3 Å². The van der Waals surface area contributed by atoms with Gasteiger partial charge in [-0.3, -0.25) is 16.1 Å². The van der Waals surface area contributed by atoms with E-state index in [0.717, 1.165) is 19.4 Å². The minimum atomic E-state index is -0.656. The van der Waals surface area contributed by atoms with Crippen LogP contribution in [0.15, 0.2) is 42.5 Å². The Labute approximate surface area is 216 Å². The van der Waals surface area contributed by atoms with Crippen molar-refractivity contribution in [2.24, 2.45) is 5.84 Å². The van der Waals surface area contributed by atoms with Gasteiger partial charge in [0.15, 0.2) is 0 Å². The van der Waals surface area contributed by atoms with Crippen LogP contribution in [-0.2, 0) is 4.79 Å². The number of hydrazine groups is 1. The molecule has 204 valence electrons. The molecule has 0 aliphatic heterocycles. The number of para-hydroxylation sites is 1. The van der Waals surface area contributed by atoms with Crippen LogP contribution in [-0.4, -0.2) is 22.7 Å². The van der Waals surface area contributed by atoms with E-state index in [0.29, 0.717) is 12.2 Å². The largest absolute Gasteiger partial charge is 0.508 e. The molecule has 0 aromatic heterocycles. The molecule has 0 bridgehead atoms. The Morgan fingerprint density at radius 3 is 1.49 bits per heavy atom. The zero-order chi connectivity index (χ0) is 26.2. The summed E-state index contributed by atoms with van der Waals surface area (Å²) in [5, 5.41) is 17.2. The van der Waals surface area contributed by atoms with Crippen molar-refractivity contribution in [2.75, 3.05) is 6.54 Å². The van der Waals surface area contributed by atoms with Gasteiger partial charge < -0.3 is 10.2 Å². The van der Waals surface area contributed by atoms with E-state index >= 15 is 0 Å². The molecule has 0 fully saturated rings. The van der Waals surface area contributed by atoms with Crippen molar-refractivity contribution in [3.63, 3.8) is 0 Å². The first-order chi connectivity index (χ1) is 17.1. The predicted molar refractivity (Wildman–Crippen MR) is 152 cm³/mol. The molecule has 0 aliphatic carbocycles. The number of rotatable bonds is 20. The van der Waals surface area contributed by atoms with Crippen molar-refractivity contribution >= 4 is 5.97 Å². The lowest BCUT2D eigenvalue weighted by molar-refractivity contribution is -0.137. The van der Waals surface area contributed by atoms with Crippen molar-refractivity contribution in [1.29, 1.82) is 0 Å². The molecule has 0 unspecified atom stereocenters. The molecule has 35 heavy (non-hydrogen) atoms. The number of aromatic hydroxyl groups is 1. The first-order valence-corrected chi connectivity index (χ1v) is 14.1. The molecule has 0 heterocycles. The van der Waals surface area contributed by atoms with Gasteiger partial charge in [-0.05, 0) is 44.2 Å². The number of nitrogens with two attached hydrogens (primary N) is 1. The van der Waals surface area contributed by atoms with Gasteiger partial charge in [0.2, 0.25) is 0 Å². The van der Waals surface area contributed by atoms with Crippen molar-refractivity contribution < 1.29 is 15.0 Å². The van der Waals surface area contributed by atoms with Gasteiger partial charge in [-0.15, -0.1) is 0 Å². The summed E-state index contributed by atoms with van der Waals surface area (Å²) in [6.07, 6.45) is 27.1. The first-order valence-electron chi connectivity index (χ1n) is 14.1. The van der Waals surface area contributed by atoms with Crippen LogP contribution in [0.25, 0.3) is 0 Å². The fourth-order valence-corrected chi connectivity index (χ4v) is 3.48. The van der Waals surface area contributed by atoms with Crippen molar-refractivity contribution in [3.8, 4) is 5.75 Å². The van der Waals surface area contributed by atoms with Crippen molar-refractivity contribution in [1.82, 2.24) is 5.43 Å². The molecule has 0 atom stereocenters. The quantitative estimate of drug-likeness (QED) is 0.0633. The van der Waals surface area contributed by atoms with Crippen LogP contribution >= 0.6 is 0 Å². The highest BCUT2D eigenvalue weighted by Gasteiger charge is 1.96. The Morgan fingerprint density at radius 1 is 0.743 bits per heavy atom. The highest BCUT2D eigenvalue weighted by atomic mass is 16.4. The summed E-state index contributed by atoms with van der Waals surface area (Å²) in [6, 6.07) is 8.71. The Hall–Kier alpha value is -1.85. The Balaban J connectivity index is 0. The summed E-state index contributed by atoms with van der Waals surface area (Å²) in [7, 11) is 0. The third kappa shape index (κ3) is 36.9. The van der Waals surface area contributed by atoms with Gasteiger partial charge in [0.25, 0.3) is 0 Å². The van der Waals surface area contributed by atoms with Gasteiger partial charge in [-0.25, -0.2) is 0 Å². The molecule has 5 N–H and O–H groups in total. The second-order valence-corrected chi connectivity index (χ2v) is 9.04. The number of aliphatic carboxylic acids is 1. The van der Waals surface area contributed by atoms with Gasteiger partial charge in [0.1, 0.15) is 5.75 Å². The number of hydrogen-bond donors (Lipinski definition) is 4. The van der Waals surface area contributed by atoms with Gasteiger partial charge in [-0.1, -0.05) is 121 Å². The van der Waals surface area contributed by atoms with Crippen LogP contribution < -0.4 is 11.3 Å². The van der Waals surface area contributed by atoms with Crippen molar-refractivity contribution in [3.05, 3.63) is 42.5 Å². The molecule has 0 radical (unpaired) electrons. The summed E-state index contributed by atoms with van der Waals surface area (Å²) in [6.45, 7) is 5.06. The third-order valence-corrected chi connectivity index (χ3v) is 5.61. The van der Waals surface area contributed by atoms with Crippen LogP contribution in [0.1, 0.15) is 129 Å². The molecular weight excluding hydrogens is 436 g/mol. The molecule has 1 aromatic rings. The number of benzene rings is 1. The van der Waals surface area contributed by atoms with E-state index in [9.17, 15) is 4.79 Å². The van der Waals surface area contributed by atoms with Crippen LogP contribution in [0, 0.1) is 0 Å². The number of phenols is 1. The number of nitrogens with one attached hydrogen (secondary N) is 1. The van der Waals surface area contributed by atoms with E-state index in [-0.39, 0.29) is 0 Å². The topological polar surface area (TPSA) is 95.6 Å². The van der Waals surface area contributed by atoms with Crippen molar-refractivity contribution in [2.45, 2.75) is 129 Å². The minimum absolute atomic E-state index is 0.322. The zero-order valence-electron chi connectivity index (χ0n) is 22.9. The number of carboxylic acid groups (broad SMARTS) is 1. The number of hydrogen-bond acceptors (Lipinski definition) is 4. The maximum atomic E-state index is 10.4. The molecule has 1 rings (SSSR count). The molecule has 0 aliphatic rings. The van der Waals surface area contributed by atoms with Gasteiger partial charge in [0.05, 0.1) is 0 Å². The highest BCUT2D eigenvalue weighted by Crippen LogP contribution is 2.12. The molecular formula is C30H56N2O3. The lowest BCUT2D eigenvalue weighted by atomic mass is 10.1. The summed E-state index contributed by atoms with van der Waals surface area (Å²) in [4.78, 5) is 10.4. The van der Waals surface area contributed by atoms with Gasteiger partial charge in [-0.2, -0.15) is 0 Å². The first kappa shape index (κ1) is 35.3. The number of allylic oxidation sites excluding steroid dienone is 2. The maximum absolute atomic E-state index is 10.4. The third-order valence-electron chi connectivity index (χ3n) is 5.61. The fourth-order valence-electron chi connectivity index (χ4n) is 3.48. The average Bonchev–Trinajstić information content (AvgIpc) is 2.86. The smallest absolute Gasteiger partial charge is 0.303 e. The lowest BCUT2D eigenvalue weighted by Crippen LogP contribution is -2.20. The Kier molecular flexibility index (Phi) is 32.4. The van der Waals surface area contributed by atoms with Crippen LogP contribution in [0.5, 0.6) is 5.75 Å². The molecule has 5 heteroatoms. The standard InChI is InChI=1S/C22H42O2.C6H6O.C2H8N2/c1-2-3-4-5-6-7-8-9-10-11-12-13-14-15-16-17-18-19-20-21-22(23)24;7-6-4-2-1-3-5-6;1-2-4-3/h9-10H,2-8,11-21H2,1H3,(H,23,24);1-5,7H;4H,2-3H2,1H3/b10-9-;;. The average molecular weight is 493 g/mol. The predicted octanol–water partition coefficient (Wildman–Crippen LogP) is 8.53. The summed E-state index contributed by atoms with van der Waals surface area (Å²) in [5.74, 6) is 4.44. The Morgan fingerprint density at radius 2 is 1.14 bits per heavy atom. The number of phenolic OH excluding ortho intramolecular Hbond substituents is 1. The van der Waals surface area contributed by atoms with E-state index in [4.69, 9.17) is 16.1 Å². The van der Waals surface area contributed by atoms with E-state index < -0.39 is 5.97 Å². The molecule has 1 aromatic carbocycles. The Bertz CT molecular complexity index is 548. The summed E-state index contributed by atoms with van der Waals surface area (Å²) < 4.78 is 0. The second-order valence-electron chi connectivity index (χ2n) is 9.04. The molecule has 0 spiro atoms. The van der Waals surface area contributed by atoms with E-state index in [1.807, 2.05) is 13.0 Å². The van der Waals surface area contributed by atoms with Crippen LogP contribution in [0.4, 0.5) is 0 Å². The van der Waals surface area contributed by atoms with Crippen LogP contribution in [0.2, 0.25) is 0 Å². The minimum Gasteiger partial charge on any atom is -0.508 e. The number of carboxylic acids is 1. The molecule has 0 amide bonds. The fraction of sp³-hybridized carbons (Fsp3) is 0.700. The van der Waals surface area contributed by atoms with E-state index in [1.54, 1.807) is 24.3 Å². The van der Waals surface area contributed by atoms with Gasteiger partial charge >= 0.3 is 5.97 Å². The van der Waals surface area contributed by atoms with Crippen LogP contribution in [0.3, 0.4) is 0 Å². The highest BCUT2D eigenvalue weighted by molar-refractivity contribution is 5.66. The summed E-state index contributed by atoms with van der Waals surface area (Å²) >= 11 is 0. The second kappa shape index (κ2) is 32.1. The lowest BCUT2D eigenvalue weighted by Gasteiger charge is -2.01. The van der Waals surface area contributed by atoms with Gasteiger partial charge in [0, 0.05) is 13.0 Å². The van der Waals surface area contributed by atoms with E-state index in [2.05, 4.69) is 24.5 Å². The monoisotopic (exact) mass is 492 g/mol. The molecule has 5 nitrogen and oxygen atoms in total.